The van der Waals surface area contributed by atoms with Crippen molar-refractivity contribution in [2.24, 2.45) is 0 Å². The minimum absolute atomic E-state index is 0.176. The van der Waals surface area contributed by atoms with E-state index in [4.69, 9.17) is 0 Å². The van der Waals surface area contributed by atoms with Gasteiger partial charge in [-0.05, 0) is 20.8 Å². The fourth-order valence-corrected chi connectivity index (χ4v) is 1.99. The highest BCUT2D eigenvalue weighted by Crippen LogP contribution is 2.20. The summed E-state index contributed by atoms with van der Waals surface area (Å²) in [5.41, 5.74) is -0.0159. The molecule has 1 aromatic heterocycles. The van der Waals surface area contributed by atoms with E-state index in [1.807, 2.05) is 6.92 Å². The molecule has 7 heteroatoms. The molecule has 0 spiro atoms. The largest absolute Gasteiger partial charge is 0.369 e. The summed E-state index contributed by atoms with van der Waals surface area (Å²) in [7, 11) is 0. The first-order valence-electron chi connectivity index (χ1n) is 6.57. The van der Waals surface area contributed by atoms with Gasteiger partial charge in [0.15, 0.2) is 0 Å². The van der Waals surface area contributed by atoms with Gasteiger partial charge in [-0.25, -0.2) is 4.98 Å². The molecular formula is C13H19N5O2. The predicted octanol–water partition coefficient (Wildman–Crippen LogP) is 0.145. The Hall–Kier alpha value is -2.02. The Bertz CT molecular complexity index is 512. The summed E-state index contributed by atoms with van der Waals surface area (Å²) in [5, 5.41) is 5.41. The molecule has 1 saturated heterocycles. The van der Waals surface area contributed by atoms with Crippen LogP contribution in [0.5, 0.6) is 0 Å². The molecule has 2 amide bonds. The van der Waals surface area contributed by atoms with Crippen LogP contribution >= 0.6 is 0 Å². The number of amides is 2. The van der Waals surface area contributed by atoms with Crippen molar-refractivity contribution in [2.75, 3.05) is 18.4 Å². The lowest BCUT2D eigenvalue weighted by Gasteiger charge is -2.39. The minimum atomic E-state index is -0.740. The quantitative estimate of drug-likeness (QED) is 0.762. The van der Waals surface area contributed by atoms with Crippen molar-refractivity contribution in [3.05, 3.63) is 18.1 Å². The second-order valence-electron chi connectivity index (χ2n) is 5.22. The molecule has 0 radical (unpaired) electrons. The Morgan fingerprint density at radius 2 is 2.10 bits per heavy atom. The van der Waals surface area contributed by atoms with Gasteiger partial charge in [-0.15, -0.1) is 0 Å². The van der Waals surface area contributed by atoms with Crippen LogP contribution in [0.2, 0.25) is 0 Å². The summed E-state index contributed by atoms with van der Waals surface area (Å²) >= 11 is 0. The van der Waals surface area contributed by atoms with E-state index in [-0.39, 0.29) is 18.4 Å². The van der Waals surface area contributed by atoms with Crippen LogP contribution in [0.3, 0.4) is 0 Å². The number of carbonyl (C=O) groups excluding carboxylic acids is 2. The average Bonchev–Trinajstić information content (AvgIpc) is 2.39. The summed E-state index contributed by atoms with van der Waals surface area (Å²) in [4.78, 5) is 33.7. The molecule has 1 fully saturated rings. The maximum absolute atomic E-state index is 11.8. The standard InChI is InChI=1S/C13H19N5O2/c1-4-14-10-6-15-9(5-16-10)7-18-8-11(19)17-12(20)13(18,2)3/h5-6H,4,7-8H2,1-3H3,(H,14,16)(H,17,19,20). The normalized spacial score (nSPS) is 18.8. The second-order valence-corrected chi connectivity index (χ2v) is 5.22. The Kier molecular flexibility index (Phi) is 3.99. The molecule has 0 unspecified atom stereocenters. The van der Waals surface area contributed by atoms with Crippen molar-refractivity contribution in [3.63, 3.8) is 0 Å². The first-order valence-corrected chi connectivity index (χ1v) is 6.57. The van der Waals surface area contributed by atoms with Crippen LogP contribution in [0.4, 0.5) is 5.82 Å². The van der Waals surface area contributed by atoms with E-state index in [2.05, 4.69) is 20.6 Å². The molecule has 20 heavy (non-hydrogen) atoms. The summed E-state index contributed by atoms with van der Waals surface area (Å²) in [6.45, 7) is 6.92. The lowest BCUT2D eigenvalue weighted by atomic mass is 9.98. The number of aromatic nitrogens is 2. The maximum atomic E-state index is 11.8. The molecule has 108 valence electrons. The van der Waals surface area contributed by atoms with Gasteiger partial charge in [0, 0.05) is 13.1 Å². The van der Waals surface area contributed by atoms with Gasteiger partial charge < -0.3 is 5.32 Å². The van der Waals surface area contributed by atoms with Gasteiger partial charge >= 0.3 is 0 Å². The van der Waals surface area contributed by atoms with E-state index in [1.54, 1.807) is 31.1 Å². The van der Waals surface area contributed by atoms with Crippen molar-refractivity contribution in [1.82, 2.24) is 20.2 Å². The van der Waals surface area contributed by atoms with Crippen LogP contribution in [0.1, 0.15) is 26.5 Å². The SMILES string of the molecule is CCNc1cnc(CN2CC(=O)NC(=O)C2(C)C)cn1. The maximum Gasteiger partial charge on any atom is 0.246 e. The van der Waals surface area contributed by atoms with Crippen LogP contribution in [0.15, 0.2) is 12.4 Å². The molecule has 0 bridgehead atoms. The minimum Gasteiger partial charge on any atom is -0.369 e. The number of rotatable bonds is 4. The van der Waals surface area contributed by atoms with Crippen LogP contribution < -0.4 is 10.6 Å². The fraction of sp³-hybridized carbons (Fsp3) is 0.538. The van der Waals surface area contributed by atoms with Gasteiger partial charge in [-0.3, -0.25) is 24.8 Å². The Morgan fingerprint density at radius 3 is 2.70 bits per heavy atom. The third-order valence-corrected chi connectivity index (χ3v) is 3.35. The highest BCUT2D eigenvalue weighted by atomic mass is 16.2. The van der Waals surface area contributed by atoms with Gasteiger partial charge in [0.05, 0.1) is 30.2 Å². The van der Waals surface area contributed by atoms with Gasteiger partial charge in [-0.2, -0.15) is 0 Å². The number of piperazine rings is 1. The highest BCUT2D eigenvalue weighted by molar-refractivity contribution is 6.02. The number of imide groups is 1. The van der Waals surface area contributed by atoms with E-state index in [0.717, 1.165) is 12.2 Å². The van der Waals surface area contributed by atoms with Crippen molar-refractivity contribution in [3.8, 4) is 0 Å². The Morgan fingerprint density at radius 1 is 1.35 bits per heavy atom. The van der Waals surface area contributed by atoms with Crippen molar-refractivity contribution >= 4 is 17.6 Å². The molecule has 7 nitrogen and oxygen atoms in total. The monoisotopic (exact) mass is 277 g/mol. The number of hydrogen-bond donors (Lipinski definition) is 2. The van der Waals surface area contributed by atoms with Gasteiger partial charge in [-0.1, -0.05) is 0 Å². The molecule has 1 aliphatic heterocycles. The van der Waals surface area contributed by atoms with Crippen LogP contribution in [0.25, 0.3) is 0 Å². The summed E-state index contributed by atoms with van der Waals surface area (Å²) in [5.74, 6) is 0.139. The van der Waals surface area contributed by atoms with Crippen LogP contribution in [-0.2, 0) is 16.1 Å². The third kappa shape index (κ3) is 2.93. The summed E-state index contributed by atoms with van der Waals surface area (Å²) in [6, 6.07) is 0. The highest BCUT2D eigenvalue weighted by Gasteiger charge is 2.40. The average molecular weight is 277 g/mol. The smallest absolute Gasteiger partial charge is 0.246 e. The molecule has 0 aromatic carbocycles. The zero-order valence-corrected chi connectivity index (χ0v) is 11.9. The molecule has 2 heterocycles. The van der Waals surface area contributed by atoms with E-state index >= 15 is 0 Å². The first kappa shape index (κ1) is 14.4. The Labute approximate surface area is 117 Å². The lowest BCUT2D eigenvalue weighted by Crippen LogP contribution is -2.63. The number of nitrogens with one attached hydrogen (secondary N) is 2. The fourth-order valence-electron chi connectivity index (χ4n) is 1.99. The number of carbonyl (C=O) groups is 2. The zero-order valence-electron chi connectivity index (χ0n) is 11.9. The predicted molar refractivity (Wildman–Crippen MR) is 73.8 cm³/mol. The van der Waals surface area contributed by atoms with E-state index < -0.39 is 5.54 Å². The molecular weight excluding hydrogens is 258 g/mol. The van der Waals surface area contributed by atoms with Crippen molar-refractivity contribution in [1.29, 1.82) is 0 Å². The number of anilines is 1. The molecule has 1 aromatic rings. The summed E-state index contributed by atoms with van der Waals surface area (Å²) in [6.07, 6.45) is 3.31. The van der Waals surface area contributed by atoms with E-state index in [1.165, 1.54) is 0 Å². The van der Waals surface area contributed by atoms with E-state index in [0.29, 0.717) is 12.4 Å². The topological polar surface area (TPSA) is 87.2 Å². The van der Waals surface area contributed by atoms with Gasteiger partial charge in [0.25, 0.3) is 0 Å². The second kappa shape index (κ2) is 5.54. The molecule has 0 aliphatic carbocycles. The molecule has 0 saturated carbocycles. The molecule has 2 N–H and O–H groups in total. The zero-order chi connectivity index (χ0) is 14.8. The molecule has 0 atom stereocenters. The molecule has 1 aliphatic rings. The lowest BCUT2D eigenvalue weighted by molar-refractivity contribution is -0.145. The van der Waals surface area contributed by atoms with Gasteiger partial charge in [0.2, 0.25) is 11.8 Å². The van der Waals surface area contributed by atoms with Crippen molar-refractivity contribution < 1.29 is 9.59 Å². The van der Waals surface area contributed by atoms with Crippen molar-refractivity contribution in [2.45, 2.75) is 32.9 Å². The summed E-state index contributed by atoms with van der Waals surface area (Å²) < 4.78 is 0. The first-order chi connectivity index (χ1) is 9.43. The molecule has 2 rings (SSSR count). The van der Waals surface area contributed by atoms with Crippen LogP contribution in [0, 0.1) is 0 Å². The van der Waals surface area contributed by atoms with E-state index in [9.17, 15) is 9.59 Å². The third-order valence-electron chi connectivity index (χ3n) is 3.35. The number of nitrogens with zero attached hydrogens (tertiary/aromatic N) is 3. The number of hydrogen-bond acceptors (Lipinski definition) is 6. The Balaban J connectivity index is 2.11. The van der Waals surface area contributed by atoms with Crippen LogP contribution in [-0.4, -0.2) is 45.3 Å². The van der Waals surface area contributed by atoms with Gasteiger partial charge in [0.1, 0.15) is 5.82 Å².